The van der Waals surface area contributed by atoms with Gasteiger partial charge in [0.15, 0.2) is 0 Å². The van der Waals surface area contributed by atoms with Crippen LogP contribution in [0.3, 0.4) is 0 Å². The predicted molar refractivity (Wildman–Crippen MR) is 128 cm³/mol. The molecule has 0 spiro atoms. The average molecular weight is 454 g/mol. The third-order valence-electron chi connectivity index (χ3n) is 4.94. The summed E-state index contributed by atoms with van der Waals surface area (Å²) < 4.78 is 0. The normalized spacial score (nSPS) is 11.0. The number of benzene rings is 1. The third-order valence-corrected chi connectivity index (χ3v) is 6.13. The topological polar surface area (TPSA) is 71.1 Å². The van der Waals surface area contributed by atoms with E-state index < -0.39 is 0 Å². The molecule has 1 aromatic carbocycles. The van der Waals surface area contributed by atoms with Gasteiger partial charge in [0.05, 0.1) is 6.54 Å². The zero-order valence-corrected chi connectivity index (χ0v) is 19.2. The van der Waals surface area contributed by atoms with Gasteiger partial charge in [0.1, 0.15) is 5.82 Å². The fourth-order valence-corrected chi connectivity index (χ4v) is 4.50. The summed E-state index contributed by atoms with van der Waals surface area (Å²) in [7, 11) is 0. The zero-order valence-electron chi connectivity index (χ0n) is 17.7. The highest BCUT2D eigenvalue weighted by Gasteiger charge is 2.13. The summed E-state index contributed by atoms with van der Waals surface area (Å²) in [5.74, 6) is 0.589. The Bertz CT molecular complexity index is 1120. The molecule has 3 aromatic rings. The summed E-state index contributed by atoms with van der Waals surface area (Å²) >= 11 is 7.76. The molecule has 0 aliphatic rings. The molecule has 0 saturated carbocycles. The van der Waals surface area contributed by atoms with Crippen LogP contribution in [0.25, 0.3) is 17.2 Å². The molecule has 2 N–H and O–H groups in total. The van der Waals surface area contributed by atoms with E-state index in [1.165, 1.54) is 24.1 Å². The Morgan fingerprint density at radius 1 is 1.13 bits per heavy atom. The lowest BCUT2D eigenvalue weighted by atomic mass is 9.94. The Hall–Kier alpha value is -2.96. The van der Waals surface area contributed by atoms with Gasteiger partial charge in [-0.15, -0.1) is 22.9 Å². The number of halogens is 1. The second kappa shape index (κ2) is 10.4. The zero-order chi connectivity index (χ0) is 22.4. The van der Waals surface area contributed by atoms with Crippen LogP contribution in [0.1, 0.15) is 34.1 Å². The molecule has 0 unspecified atom stereocenters. The molecule has 0 aliphatic heterocycles. The Labute approximate surface area is 191 Å². The number of aromatic nitrogens is 1. The lowest BCUT2D eigenvalue weighted by Crippen LogP contribution is -2.20. The molecule has 7 heteroatoms. The number of alkyl halides is 1. The minimum absolute atomic E-state index is 0.178. The smallest absolute Gasteiger partial charge is 0.244 e. The van der Waals surface area contributed by atoms with Crippen molar-refractivity contribution in [2.24, 2.45) is 0 Å². The number of rotatable bonds is 7. The number of hydrogen-bond acceptors (Lipinski definition) is 4. The standard InChI is InChI=1S/C24H24ClN3O2S/c1-15-4-7-19(16(2)21(15)12-25)20-10-11-31-22(20)14-27-24(30)9-6-18-5-8-23(26-13-18)28-17(3)29/h4-11,13H,12,14H2,1-3H3,(H,27,30)(H,26,28,29)/b9-6+. The number of carbonyl (C=O) groups is 2. The molecule has 5 nitrogen and oxygen atoms in total. The van der Waals surface area contributed by atoms with E-state index in [1.54, 1.807) is 35.7 Å². The predicted octanol–water partition coefficient (Wildman–Crippen LogP) is 5.45. The number of anilines is 1. The van der Waals surface area contributed by atoms with Gasteiger partial charge < -0.3 is 10.6 Å². The summed E-state index contributed by atoms with van der Waals surface area (Å²) in [4.78, 5) is 28.6. The Kier molecular flexibility index (Phi) is 7.60. The number of aryl methyl sites for hydroxylation is 1. The van der Waals surface area contributed by atoms with Crippen LogP contribution in [0.4, 0.5) is 5.82 Å². The number of hydrogen-bond donors (Lipinski definition) is 2. The molecule has 160 valence electrons. The van der Waals surface area contributed by atoms with Gasteiger partial charge in [-0.3, -0.25) is 9.59 Å². The van der Waals surface area contributed by atoms with Gasteiger partial charge in [0, 0.05) is 30.0 Å². The molecule has 2 aromatic heterocycles. The molecule has 0 fully saturated rings. The molecule has 31 heavy (non-hydrogen) atoms. The van der Waals surface area contributed by atoms with Crippen LogP contribution in [0.15, 0.2) is 48.0 Å². The highest BCUT2D eigenvalue weighted by Crippen LogP contribution is 2.33. The summed E-state index contributed by atoms with van der Waals surface area (Å²) in [6.45, 7) is 6.03. The van der Waals surface area contributed by atoms with Crippen LogP contribution in [-0.4, -0.2) is 16.8 Å². The second-order valence-electron chi connectivity index (χ2n) is 7.13. The molecule has 0 radical (unpaired) electrons. The van der Waals surface area contributed by atoms with Crippen molar-refractivity contribution in [1.29, 1.82) is 0 Å². The maximum absolute atomic E-state index is 12.3. The maximum atomic E-state index is 12.3. The van der Waals surface area contributed by atoms with E-state index in [0.29, 0.717) is 18.2 Å². The van der Waals surface area contributed by atoms with E-state index in [-0.39, 0.29) is 11.8 Å². The van der Waals surface area contributed by atoms with Crippen LogP contribution < -0.4 is 10.6 Å². The van der Waals surface area contributed by atoms with Gasteiger partial charge in [0.25, 0.3) is 0 Å². The van der Waals surface area contributed by atoms with Gasteiger partial charge in [-0.2, -0.15) is 0 Å². The summed E-state index contributed by atoms with van der Waals surface area (Å²) in [6, 6.07) is 9.77. The monoisotopic (exact) mass is 453 g/mol. The van der Waals surface area contributed by atoms with Crippen molar-refractivity contribution < 1.29 is 9.59 Å². The van der Waals surface area contributed by atoms with Crippen molar-refractivity contribution in [2.75, 3.05) is 5.32 Å². The first-order valence-electron chi connectivity index (χ1n) is 9.80. The van der Waals surface area contributed by atoms with E-state index in [9.17, 15) is 9.59 Å². The highest BCUT2D eigenvalue weighted by atomic mass is 35.5. The number of carbonyl (C=O) groups excluding carboxylic acids is 2. The first-order chi connectivity index (χ1) is 14.9. The number of thiophene rings is 1. The van der Waals surface area contributed by atoms with Gasteiger partial charge in [-0.25, -0.2) is 4.98 Å². The van der Waals surface area contributed by atoms with Crippen molar-refractivity contribution in [3.63, 3.8) is 0 Å². The van der Waals surface area contributed by atoms with Crippen molar-refractivity contribution in [1.82, 2.24) is 10.3 Å². The summed E-state index contributed by atoms with van der Waals surface area (Å²) in [5, 5.41) is 7.59. The van der Waals surface area contributed by atoms with Crippen molar-refractivity contribution >= 4 is 46.6 Å². The van der Waals surface area contributed by atoms with E-state index >= 15 is 0 Å². The van der Waals surface area contributed by atoms with Crippen molar-refractivity contribution in [2.45, 2.75) is 33.2 Å². The molecule has 2 amide bonds. The van der Waals surface area contributed by atoms with Gasteiger partial charge in [0.2, 0.25) is 11.8 Å². The van der Waals surface area contributed by atoms with Gasteiger partial charge in [-0.1, -0.05) is 12.1 Å². The van der Waals surface area contributed by atoms with Crippen molar-refractivity contribution in [3.05, 3.63) is 75.1 Å². The number of nitrogens with zero attached hydrogens (tertiary/aromatic N) is 1. The van der Waals surface area contributed by atoms with E-state index in [4.69, 9.17) is 11.6 Å². The second-order valence-corrected chi connectivity index (χ2v) is 8.40. The molecule has 0 saturated heterocycles. The van der Waals surface area contributed by atoms with Gasteiger partial charge in [-0.05, 0) is 76.9 Å². The lowest BCUT2D eigenvalue weighted by Gasteiger charge is -2.13. The Balaban J connectivity index is 1.65. The maximum Gasteiger partial charge on any atom is 0.244 e. The van der Waals surface area contributed by atoms with Crippen LogP contribution in [-0.2, 0) is 22.0 Å². The van der Waals surface area contributed by atoms with E-state index in [2.05, 4.69) is 47.7 Å². The molecular formula is C24H24ClN3O2S. The van der Waals surface area contributed by atoms with E-state index in [0.717, 1.165) is 27.1 Å². The van der Waals surface area contributed by atoms with Crippen molar-refractivity contribution in [3.8, 4) is 11.1 Å². The number of nitrogens with one attached hydrogen (secondary N) is 2. The van der Waals surface area contributed by atoms with Gasteiger partial charge >= 0.3 is 0 Å². The number of pyridine rings is 1. The first-order valence-corrected chi connectivity index (χ1v) is 11.2. The fraction of sp³-hybridized carbons (Fsp3) is 0.208. The molecule has 3 rings (SSSR count). The Morgan fingerprint density at radius 3 is 2.61 bits per heavy atom. The molecule has 0 atom stereocenters. The largest absolute Gasteiger partial charge is 0.348 e. The minimum atomic E-state index is -0.188. The quantitative estimate of drug-likeness (QED) is 0.369. The Morgan fingerprint density at radius 2 is 1.94 bits per heavy atom. The fourth-order valence-electron chi connectivity index (χ4n) is 3.26. The first kappa shape index (κ1) is 22.7. The molecule has 0 aliphatic carbocycles. The SMILES string of the molecule is CC(=O)Nc1ccc(/C=C/C(=O)NCc2sccc2-c2ccc(C)c(CCl)c2C)cn1. The summed E-state index contributed by atoms with van der Waals surface area (Å²) in [6.07, 6.45) is 4.76. The van der Waals surface area contributed by atoms with E-state index in [1.807, 2.05) is 5.38 Å². The van der Waals surface area contributed by atoms with Crippen LogP contribution in [0.5, 0.6) is 0 Å². The van der Waals surface area contributed by atoms with Crippen LogP contribution in [0.2, 0.25) is 0 Å². The summed E-state index contributed by atoms with van der Waals surface area (Å²) in [5.41, 5.74) is 6.55. The van der Waals surface area contributed by atoms with Crippen LogP contribution in [0, 0.1) is 13.8 Å². The minimum Gasteiger partial charge on any atom is -0.348 e. The molecule has 0 bridgehead atoms. The highest BCUT2D eigenvalue weighted by molar-refractivity contribution is 7.10. The third kappa shape index (κ3) is 5.81. The molecule has 2 heterocycles. The molecular weight excluding hydrogens is 430 g/mol. The number of amides is 2. The van der Waals surface area contributed by atoms with Crippen LogP contribution >= 0.6 is 22.9 Å². The average Bonchev–Trinajstić information content (AvgIpc) is 3.20. The lowest BCUT2D eigenvalue weighted by molar-refractivity contribution is -0.116.